The molecule has 0 amide bonds. The number of allylic oxidation sites excluding steroid dienone is 1. The van der Waals surface area contributed by atoms with E-state index in [9.17, 15) is 4.79 Å². The van der Waals surface area contributed by atoms with E-state index in [0.29, 0.717) is 0 Å². The minimum absolute atomic E-state index is 0.0250. The zero-order valence-corrected chi connectivity index (χ0v) is 8.24. The van der Waals surface area contributed by atoms with Gasteiger partial charge in [-0.3, -0.25) is 9.13 Å². The standard InChI is InChI=1S/C10H14N2O/c1-5-7-9-8(6-2)11(3)10(13)12(9)4/h5-7H,2H2,1,3-4H3/b7-5-. The van der Waals surface area contributed by atoms with Gasteiger partial charge in [-0.2, -0.15) is 0 Å². The van der Waals surface area contributed by atoms with Crippen LogP contribution >= 0.6 is 0 Å². The Morgan fingerprint density at radius 2 is 1.77 bits per heavy atom. The van der Waals surface area contributed by atoms with Gasteiger partial charge in [-0.05, 0) is 19.1 Å². The predicted octanol–water partition coefficient (Wildman–Crippen LogP) is 1.40. The van der Waals surface area contributed by atoms with Crippen LogP contribution in [0.15, 0.2) is 17.4 Å². The molecule has 0 bridgehead atoms. The summed E-state index contributed by atoms with van der Waals surface area (Å²) in [6.45, 7) is 5.60. The molecule has 70 valence electrons. The molecule has 13 heavy (non-hydrogen) atoms. The average Bonchev–Trinajstić information content (AvgIpc) is 2.32. The van der Waals surface area contributed by atoms with E-state index in [1.165, 1.54) is 0 Å². The SMILES string of the molecule is C=Cc1c(/C=C\C)n(C)c(=O)n1C. The molecule has 1 aromatic rings. The largest absolute Gasteiger partial charge is 0.328 e. The van der Waals surface area contributed by atoms with Gasteiger partial charge in [0.25, 0.3) is 0 Å². The fourth-order valence-corrected chi connectivity index (χ4v) is 1.37. The number of hydrogen-bond donors (Lipinski definition) is 0. The number of rotatable bonds is 2. The third-order valence-corrected chi connectivity index (χ3v) is 2.08. The second-order valence-corrected chi connectivity index (χ2v) is 2.88. The molecule has 1 aromatic heterocycles. The monoisotopic (exact) mass is 178 g/mol. The molecule has 0 N–H and O–H groups in total. The summed E-state index contributed by atoms with van der Waals surface area (Å²) in [6.07, 6.45) is 5.50. The molecule has 0 radical (unpaired) electrons. The van der Waals surface area contributed by atoms with Crippen molar-refractivity contribution in [2.24, 2.45) is 14.1 Å². The maximum Gasteiger partial charge on any atom is 0.328 e. The van der Waals surface area contributed by atoms with Crippen molar-refractivity contribution in [3.8, 4) is 0 Å². The molecule has 3 nitrogen and oxygen atoms in total. The molecule has 1 rings (SSSR count). The molecule has 0 aromatic carbocycles. The highest BCUT2D eigenvalue weighted by Crippen LogP contribution is 2.08. The summed E-state index contributed by atoms with van der Waals surface area (Å²) in [4.78, 5) is 11.5. The molecule has 0 aliphatic heterocycles. The van der Waals surface area contributed by atoms with Crippen molar-refractivity contribution in [3.63, 3.8) is 0 Å². The van der Waals surface area contributed by atoms with Crippen molar-refractivity contribution in [3.05, 3.63) is 34.5 Å². The number of nitrogens with zero attached hydrogens (tertiary/aromatic N) is 2. The van der Waals surface area contributed by atoms with Gasteiger partial charge in [-0.25, -0.2) is 4.79 Å². The first-order chi connectivity index (χ1) is 6.13. The molecule has 0 aliphatic rings. The molecule has 0 saturated carbocycles. The zero-order valence-electron chi connectivity index (χ0n) is 8.24. The molecule has 0 fully saturated rings. The van der Waals surface area contributed by atoms with E-state index >= 15 is 0 Å². The van der Waals surface area contributed by atoms with Gasteiger partial charge in [0.05, 0.1) is 11.4 Å². The van der Waals surface area contributed by atoms with E-state index in [1.807, 2.05) is 19.1 Å². The van der Waals surface area contributed by atoms with Crippen LogP contribution in [0.2, 0.25) is 0 Å². The van der Waals surface area contributed by atoms with E-state index in [2.05, 4.69) is 6.58 Å². The first-order valence-corrected chi connectivity index (χ1v) is 4.14. The third kappa shape index (κ3) is 1.37. The molecule has 0 saturated heterocycles. The summed E-state index contributed by atoms with van der Waals surface area (Å²) < 4.78 is 3.19. The van der Waals surface area contributed by atoms with Gasteiger partial charge in [-0.15, -0.1) is 0 Å². The lowest BCUT2D eigenvalue weighted by atomic mass is 10.3. The molecule has 0 spiro atoms. The second-order valence-electron chi connectivity index (χ2n) is 2.88. The van der Waals surface area contributed by atoms with Gasteiger partial charge in [0.1, 0.15) is 0 Å². The zero-order chi connectivity index (χ0) is 10.0. The molecule has 0 unspecified atom stereocenters. The fraction of sp³-hybridized carbons (Fsp3) is 0.300. The van der Waals surface area contributed by atoms with Gasteiger partial charge in [0.15, 0.2) is 0 Å². The predicted molar refractivity (Wildman–Crippen MR) is 55.5 cm³/mol. The normalized spacial score (nSPS) is 11.0. The van der Waals surface area contributed by atoms with E-state index in [1.54, 1.807) is 29.3 Å². The molecular weight excluding hydrogens is 164 g/mol. The van der Waals surface area contributed by atoms with Crippen molar-refractivity contribution < 1.29 is 0 Å². The minimum Gasteiger partial charge on any atom is -0.295 e. The van der Waals surface area contributed by atoms with Gasteiger partial charge in [-0.1, -0.05) is 12.7 Å². The van der Waals surface area contributed by atoms with Gasteiger partial charge in [0, 0.05) is 14.1 Å². The molecule has 0 atom stereocenters. The van der Waals surface area contributed by atoms with Crippen molar-refractivity contribution in [2.45, 2.75) is 6.92 Å². The van der Waals surface area contributed by atoms with Crippen LogP contribution in [-0.4, -0.2) is 9.13 Å². The molecule has 3 heteroatoms. The lowest BCUT2D eigenvalue weighted by Crippen LogP contribution is -2.20. The molecule has 0 aliphatic carbocycles. The van der Waals surface area contributed by atoms with Crippen molar-refractivity contribution in [1.82, 2.24) is 9.13 Å². The Labute approximate surface area is 77.6 Å². The number of imidazole rings is 1. The smallest absolute Gasteiger partial charge is 0.295 e. The number of hydrogen-bond acceptors (Lipinski definition) is 1. The summed E-state index contributed by atoms with van der Waals surface area (Å²) in [7, 11) is 3.50. The van der Waals surface area contributed by atoms with Crippen molar-refractivity contribution in [2.75, 3.05) is 0 Å². The van der Waals surface area contributed by atoms with Crippen LogP contribution < -0.4 is 5.69 Å². The second kappa shape index (κ2) is 3.47. The van der Waals surface area contributed by atoms with Crippen LogP contribution in [0.1, 0.15) is 18.3 Å². The first-order valence-electron chi connectivity index (χ1n) is 4.14. The van der Waals surface area contributed by atoms with Gasteiger partial charge < -0.3 is 0 Å². The Bertz CT molecular complexity index is 407. The van der Waals surface area contributed by atoms with Gasteiger partial charge in [0.2, 0.25) is 0 Å². The van der Waals surface area contributed by atoms with E-state index in [-0.39, 0.29) is 5.69 Å². The number of aromatic nitrogens is 2. The van der Waals surface area contributed by atoms with E-state index in [0.717, 1.165) is 11.4 Å². The fourth-order valence-electron chi connectivity index (χ4n) is 1.37. The Morgan fingerprint density at radius 1 is 1.23 bits per heavy atom. The highest BCUT2D eigenvalue weighted by atomic mass is 16.1. The maximum absolute atomic E-state index is 11.5. The molecular formula is C10H14N2O. The summed E-state index contributed by atoms with van der Waals surface area (Å²) in [5.41, 5.74) is 1.72. The van der Waals surface area contributed by atoms with Crippen molar-refractivity contribution >= 4 is 12.2 Å². The Kier molecular flexibility index (Phi) is 2.56. The topological polar surface area (TPSA) is 26.9 Å². The van der Waals surface area contributed by atoms with Crippen LogP contribution in [0.4, 0.5) is 0 Å². The minimum atomic E-state index is -0.0250. The average molecular weight is 178 g/mol. The van der Waals surface area contributed by atoms with Crippen LogP contribution in [0.25, 0.3) is 12.2 Å². The lowest BCUT2D eigenvalue weighted by molar-refractivity contribution is 0.770. The quantitative estimate of drug-likeness (QED) is 0.672. The van der Waals surface area contributed by atoms with Crippen molar-refractivity contribution in [1.29, 1.82) is 0 Å². The van der Waals surface area contributed by atoms with E-state index in [4.69, 9.17) is 0 Å². The highest BCUT2D eigenvalue weighted by molar-refractivity contribution is 5.59. The molecule has 1 heterocycles. The maximum atomic E-state index is 11.5. The summed E-state index contributed by atoms with van der Waals surface area (Å²) in [6, 6.07) is 0. The Hall–Kier alpha value is -1.51. The first kappa shape index (κ1) is 9.58. The summed E-state index contributed by atoms with van der Waals surface area (Å²) in [5, 5.41) is 0. The highest BCUT2D eigenvalue weighted by Gasteiger charge is 2.08. The van der Waals surface area contributed by atoms with Crippen LogP contribution in [0, 0.1) is 0 Å². The van der Waals surface area contributed by atoms with E-state index < -0.39 is 0 Å². The summed E-state index contributed by atoms with van der Waals surface area (Å²) in [5.74, 6) is 0. The summed E-state index contributed by atoms with van der Waals surface area (Å²) >= 11 is 0. The lowest BCUT2D eigenvalue weighted by Gasteiger charge is -1.95. The third-order valence-electron chi connectivity index (χ3n) is 2.08. The van der Waals surface area contributed by atoms with Crippen LogP contribution in [0.5, 0.6) is 0 Å². The Balaban J connectivity index is 3.57. The van der Waals surface area contributed by atoms with Crippen LogP contribution in [-0.2, 0) is 14.1 Å². The Morgan fingerprint density at radius 3 is 2.23 bits per heavy atom. The van der Waals surface area contributed by atoms with Gasteiger partial charge >= 0.3 is 5.69 Å². The van der Waals surface area contributed by atoms with Crippen LogP contribution in [0.3, 0.4) is 0 Å².